The molecule has 0 saturated carbocycles. The lowest BCUT2D eigenvalue weighted by molar-refractivity contribution is 0.385. The highest BCUT2D eigenvalue weighted by Crippen LogP contribution is 2.12. The largest absolute Gasteiger partial charge is 0.356 e. The van der Waals surface area contributed by atoms with Crippen LogP contribution in [-0.4, -0.2) is 29.1 Å². The van der Waals surface area contributed by atoms with Crippen LogP contribution < -0.4 is 10.6 Å². The van der Waals surface area contributed by atoms with Crippen molar-refractivity contribution in [2.24, 2.45) is 0 Å². The smallest absolute Gasteiger partial charge is 0.0882 e. The Morgan fingerprint density at radius 1 is 1.35 bits per heavy atom. The van der Waals surface area contributed by atoms with E-state index in [1.165, 1.54) is 18.5 Å². The van der Waals surface area contributed by atoms with Gasteiger partial charge in [-0.3, -0.25) is 4.98 Å². The van der Waals surface area contributed by atoms with Crippen LogP contribution in [0.15, 0.2) is 24.4 Å². The summed E-state index contributed by atoms with van der Waals surface area (Å²) in [6.07, 6.45) is 4.27. The van der Waals surface area contributed by atoms with E-state index in [0.29, 0.717) is 6.04 Å². The SMILES string of the molecule is c1cnc2cc(CNC3CCNCC3)[nH]c2c1. The average molecular weight is 230 g/mol. The predicted octanol–water partition coefficient (Wildman–Crippen LogP) is 1.40. The van der Waals surface area contributed by atoms with Crippen LogP contribution in [0.1, 0.15) is 18.5 Å². The fourth-order valence-corrected chi connectivity index (χ4v) is 2.39. The number of fused-ring (bicyclic) bond motifs is 1. The zero-order valence-corrected chi connectivity index (χ0v) is 9.87. The van der Waals surface area contributed by atoms with Crippen molar-refractivity contribution in [2.45, 2.75) is 25.4 Å². The Morgan fingerprint density at radius 2 is 2.24 bits per heavy atom. The number of nitrogens with one attached hydrogen (secondary N) is 3. The highest BCUT2D eigenvalue weighted by atomic mass is 15.0. The molecule has 2 aromatic heterocycles. The van der Waals surface area contributed by atoms with Crippen LogP contribution in [0.4, 0.5) is 0 Å². The highest BCUT2D eigenvalue weighted by molar-refractivity contribution is 5.75. The summed E-state index contributed by atoms with van der Waals surface area (Å²) in [5, 5.41) is 6.98. The first-order valence-corrected chi connectivity index (χ1v) is 6.28. The molecule has 3 N–H and O–H groups in total. The highest BCUT2D eigenvalue weighted by Gasteiger charge is 2.12. The van der Waals surface area contributed by atoms with Crippen LogP contribution in [0.2, 0.25) is 0 Å². The number of nitrogens with zero attached hydrogens (tertiary/aromatic N) is 1. The molecule has 90 valence electrons. The summed E-state index contributed by atoms with van der Waals surface area (Å²) >= 11 is 0. The minimum atomic E-state index is 0.649. The minimum Gasteiger partial charge on any atom is -0.356 e. The maximum Gasteiger partial charge on any atom is 0.0882 e. The summed E-state index contributed by atoms with van der Waals surface area (Å²) < 4.78 is 0. The van der Waals surface area contributed by atoms with Gasteiger partial charge in [-0.05, 0) is 44.1 Å². The van der Waals surface area contributed by atoms with Gasteiger partial charge in [0.05, 0.1) is 11.0 Å². The van der Waals surface area contributed by atoms with E-state index in [9.17, 15) is 0 Å². The van der Waals surface area contributed by atoms with Crippen LogP contribution >= 0.6 is 0 Å². The van der Waals surface area contributed by atoms with Crippen LogP contribution in [0.5, 0.6) is 0 Å². The molecular formula is C13H18N4. The lowest BCUT2D eigenvalue weighted by Gasteiger charge is -2.23. The van der Waals surface area contributed by atoms with Gasteiger partial charge in [0.2, 0.25) is 0 Å². The van der Waals surface area contributed by atoms with Crippen molar-refractivity contribution in [1.29, 1.82) is 0 Å². The molecule has 17 heavy (non-hydrogen) atoms. The predicted molar refractivity (Wildman–Crippen MR) is 68.8 cm³/mol. The molecule has 0 amide bonds. The van der Waals surface area contributed by atoms with Crippen molar-refractivity contribution >= 4 is 11.0 Å². The van der Waals surface area contributed by atoms with Gasteiger partial charge >= 0.3 is 0 Å². The Kier molecular flexibility index (Phi) is 3.07. The van der Waals surface area contributed by atoms with Gasteiger partial charge in [-0.15, -0.1) is 0 Å². The van der Waals surface area contributed by atoms with Crippen LogP contribution in [-0.2, 0) is 6.54 Å². The molecule has 4 heteroatoms. The Bertz CT molecular complexity index is 452. The molecule has 3 heterocycles. The summed E-state index contributed by atoms with van der Waals surface area (Å²) in [6, 6.07) is 6.80. The summed E-state index contributed by atoms with van der Waals surface area (Å²) in [4.78, 5) is 7.72. The number of rotatable bonds is 3. The fraction of sp³-hybridized carbons (Fsp3) is 0.462. The molecule has 0 radical (unpaired) electrons. The normalized spacial score (nSPS) is 17.6. The molecule has 0 atom stereocenters. The van der Waals surface area contributed by atoms with E-state index in [2.05, 4.69) is 32.7 Å². The molecule has 2 aromatic rings. The first-order valence-electron chi connectivity index (χ1n) is 6.28. The van der Waals surface area contributed by atoms with E-state index in [4.69, 9.17) is 0 Å². The van der Waals surface area contributed by atoms with Crippen molar-refractivity contribution in [1.82, 2.24) is 20.6 Å². The summed E-state index contributed by atoms with van der Waals surface area (Å²) in [5.41, 5.74) is 3.39. The topological polar surface area (TPSA) is 52.7 Å². The third-order valence-corrected chi connectivity index (χ3v) is 3.37. The average Bonchev–Trinajstić information content (AvgIpc) is 2.80. The van der Waals surface area contributed by atoms with Crippen molar-refractivity contribution in [2.75, 3.05) is 13.1 Å². The Balaban J connectivity index is 1.64. The van der Waals surface area contributed by atoms with Crippen molar-refractivity contribution in [3.8, 4) is 0 Å². The van der Waals surface area contributed by atoms with E-state index in [1.54, 1.807) is 0 Å². The molecule has 0 unspecified atom stereocenters. The number of aromatic nitrogens is 2. The molecule has 0 spiro atoms. The molecule has 1 saturated heterocycles. The quantitative estimate of drug-likeness (QED) is 0.747. The molecule has 1 fully saturated rings. The zero-order valence-electron chi connectivity index (χ0n) is 9.87. The van der Waals surface area contributed by atoms with E-state index in [0.717, 1.165) is 30.7 Å². The summed E-state index contributed by atoms with van der Waals surface area (Å²) in [5.74, 6) is 0. The van der Waals surface area contributed by atoms with Gasteiger partial charge in [0, 0.05) is 24.5 Å². The number of hydrogen-bond donors (Lipinski definition) is 3. The molecule has 1 aliphatic rings. The van der Waals surface area contributed by atoms with Crippen molar-refractivity contribution < 1.29 is 0 Å². The minimum absolute atomic E-state index is 0.649. The number of aromatic amines is 1. The van der Waals surface area contributed by atoms with Crippen molar-refractivity contribution in [3.05, 3.63) is 30.1 Å². The molecule has 1 aliphatic heterocycles. The van der Waals surface area contributed by atoms with E-state index >= 15 is 0 Å². The van der Waals surface area contributed by atoms with Gasteiger partial charge in [-0.25, -0.2) is 0 Å². The maximum absolute atomic E-state index is 4.33. The second-order valence-electron chi connectivity index (χ2n) is 4.64. The van der Waals surface area contributed by atoms with Gasteiger partial charge in [0.15, 0.2) is 0 Å². The Labute approximate surface area is 101 Å². The van der Waals surface area contributed by atoms with E-state index < -0.39 is 0 Å². The first-order chi connectivity index (χ1) is 8.42. The molecular weight excluding hydrogens is 212 g/mol. The van der Waals surface area contributed by atoms with Crippen LogP contribution in [0, 0.1) is 0 Å². The van der Waals surface area contributed by atoms with Crippen LogP contribution in [0.3, 0.4) is 0 Å². The second-order valence-corrected chi connectivity index (χ2v) is 4.64. The number of hydrogen-bond acceptors (Lipinski definition) is 3. The van der Waals surface area contributed by atoms with Crippen molar-refractivity contribution in [3.63, 3.8) is 0 Å². The lowest BCUT2D eigenvalue weighted by atomic mass is 10.1. The molecule has 3 rings (SSSR count). The van der Waals surface area contributed by atoms with E-state index in [1.807, 2.05) is 12.3 Å². The second kappa shape index (κ2) is 4.85. The standard InChI is InChI=1S/C13H18N4/c1-2-12-13(15-5-1)8-11(17-12)9-16-10-3-6-14-7-4-10/h1-2,5,8,10,14,16-17H,3-4,6-7,9H2. The van der Waals surface area contributed by atoms with Crippen LogP contribution in [0.25, 0.3) is 11.0 Å². The number of piperidine rings is 1. The maximum atomic E-state index is 4.33. The Hall–Kier alpha value is -1.39. The van der Waals surface area contributed by atoms with Gasteiger partial charge in [-0.1, -0.05) is 0 Å². The zero-order chi connectivity index (χ0) is 11.5. The molecule has 4 nitrogen and oxygen atoms in total. The summed E-state index contributed by atoms with van der Waals surface area (Å²) in [6.45, 7) is 3.17. The molecule has 0 aliphatic carbocycles. The molecule has 0 bridgehead atoms. The van der Waals surface area contributed by atoms with Gasteiger partial charge in [-0.2, -0.15) is 0 Å². The van der Waals surface area contributed by atoms with Gasteiger partial charge in [0.25, 0.3) is 0 Å². The first kappa shape index (κ1) is 10.7. The van der Waals surface area contributed by atoms with Gasteiger partial charge in [0.1, 0.15) is 0 Å². The third kappa shape index (κ3) is 2.48. The van der Waals surface area contributed by atoms with Gasteiger partial charge < -0.3 is 15.6 Å². The fourth-order valence-electron chi connectivity index (χ4n) is 2.39. The Morgan fingerprint density at radius 3 is 3.06 bits per heavy atom. The lowest BCUT2D eigenvalue weighted by Crippen LogP contribution is -2.39. The molecule has 0 aromatic carbocycles. The van der Waals surface area contributed by atoms with E-state index in [-0.39, 0.29) is 0 Å². The monoisotopic (exact) mass is 230 g/mol. The number of pyridine rings is 1. The third-order valence-electron chi connectivity index (χ3n) is 3.37. The number of H-pyrrole nitrogens is 1. The summed E-state index contributed by atoms with van der Waals surface area (Å²) in [7, 11) is 0.